The van der Waals surface area contributed by atoms with E-state index < -0.39 is 0 Å². The lowest BCUT2D eigenvalue weighted by molar-refractivity contribution is 0.827. The summed E-state index contributed by atoms with van der Waals surface area (Å²) in [6.07, 6.45) is 0. The number of H-pyrrole nitrogens is 1. The minimum absolute atomic E-state index is 0.266. The van der Waals surface area contributed by atoms with Crippen molar-refractivity contribution in [1.82, 2.24) is 14.8 Å². The Kier molecular flexibility index (Phi) is 4.75. The number of aromatic amines is 1. The van der Waals surface area contributed by atoms with E-state index in [1.165, 1.54) is 21.6 Å². The number of thiazole rings is 1. The van der Waals surface area contributed by atoms with E-state index in [1.54, 1.807) is 6.92 Å². The molecule has 2 aromatic carbocycles. The van der Waals surface area contributed by atoms with E-state index in [-0.39, 0.29) is 11.2 Å². The van der Waals surface area contributed by atoms with Gasteiger partial charge in [0.05, 0.1) is 17.1 Å². The van der Waals surface area contributed by atoms with E-state index in [2.05, 4.69) is 20.3 Å². The molecule has 0 bridgehead atoms. The van der Waals surface area contributed by atoms with Gasteiger partial charge in [-0.05, 0) is 32.9 Å². The Hall–Kier alpha value is -3.32. The summed E-state index contributed by atoms with van der Waals surface area (Å²) in [5.74, 6) is 0. The van der Waals surface area contributed by atoms with Crippen molar-refractivity contribution in [3.63, 3.8) is 0 Å². The zero-order valence-electron chi connectivity index (χ0n) is 15.8. The molecule has 0 aliphatic heterocycles. The first-order valence-electron chi connectivity index (χ1n) is 8.84. The number of aromatic nitrogens is 3. The Morgan fingerprint density at radius 2 is 1.57 bits per heavy atom. The lowest BCUT2D eigenvalue weighted by Gasteiger charge is -1.97. The highest BCUT2D eigenvalue weighted by molar-refractivity contribution is 7.12. The van der Waals surface area contributed by atoms with Crippen LogP contribution >= 0.6 is 11.3 Å². The van der Waals surface area contributed by atoms with E-state index in [0.29, 0.717) is 16.5 Å². The summed E-state index contributed by atoms with van der Waals surface area (Å²) in [7, 11) is 0. The van der Waals surface area contributed by atoms with Crippen LogP contribution in [-0.2, 0) is 0 Å². The molecule has 1 N–H and O–H groups in total. The van der Waals surface area contributed by atoms with Crippen LogP contribution in [0.15, 0.2) is 68.9 Å². The summed E-state index contributed by atoms with van der Waals surface area (Å²) in [4.78, 5) is 17.4. The van der Waals surface area contributed by atoms with Gasteiger partial charge in [0.1, 0.15) is 0 Å². The van der Waals surface area contributed by atoms with Crippen molar-refractivity contribution in [2.45, 2.75) is 20.8 Å². The van der Waals surface area contributed by atoms with Gasteiger partial charge < -0.3 is 0 Å². The number of aryl methyl sites for hydroxylation is 3. The van der Waals surface area contributed by atoms with Crippen LogP contribution in [0.25, 0.3) is 16.4 Å². The van der Waals surface area contributed by atoms with Crippen molar-refractivity contribution >= 4 is 22.7 Å². The van der Waals surface area contributed by atoms with Crippen LogP contribution < -0.4 is 5.56 Å². The monoisotopic (exact) mass is 389 g/mol. The van der Waals surface area contributed by atoms with Gasteiger partial charge in [0, 0.05) is 10.9 Å². The fraction of sp³-hybridized carbons (Fsp3) is 0.143. The average molecular weight is 389 g/mol. The van der Waals surface area contributed by atoms with Gasteiger partial charge in [-0.3, -0.25) is 9.89 Å². The summed E-state index contributed by atoms with van der Waals surface area (Å²) in [6, 6.07) is 15.8. The molecule has 6 nitrogen and oxygen atoms in total. The Morgan fingerprint density at radius 1 is 0.929 bits per heavy atom. The Balaban J connectivity index is 1.65. The molecule has 0 aliphatic carbocycles. The van der Waals surface area contributed by atoms with Crippen LogP contribution in [0.3, 0.4) is 0 Å². The zero-order valence-corrected chi connectivity index (χ0v) is 16.6. The maximum absolute atomic E-state index is 12.8. The van der Waals surface area contributed by atoms with Crippen LogP contribution in [0.2, 0.25) is 0 Å². The van der Waals surface area contributed by atoms with Gasteiger partial charge in [-0.2, -0.15) is 9.80 Å². The second kappa shape index (κ2) is 7.36. The topological polar surface area (TPSA) is 75.4 Å². The predicted octanol–water partition coefficient (Wildman–Crippen LogP) is 5.63. The predicted molar refractivity (Wildman–Crippen MR) is 112 cm³/mol. The van der Waals surface area contributed by atoms with Crippen LogP contribution in [-0.4, -0.2) is 14.8 Å². The van der Waals surface area contributed by atoms with Crippen LogP contribution in [0.1, 0.15) is 16.8 Å². The highest BCUT2D eigenvalue weighted by atomic mass is 32.1. The maximum atomic E-state index is 12.8. The largest absolute Gasteiger partial charge is 0.301 e. The Morgan fingerprint density at radius 3 is 2.25 bits per heavy atom. The van der Waals surface area contributed by atoms with Crippen LogP contribution in [0, 0.1) is 20.8 Å². The van der Waals surface area contributed by atoms with Crippen molar-refractivity contribution in [3.8, 4) is 16.4 Å². The third-order valence-corrected chi connectivity index (χ3v) is 5.20. The molecule has 0 aliphatic rings. The minimum atomic E-state index is -0.266. The number of hydrogen-bond donors (Lipinski definition) is 1. The van der Waals surface area contributed by atoms with Crippen molar-refractivity contribution in [2.24, 2.45) is 10.2 Å². The third-order valence-electron chi connectivity index (χ3n) is 4.37. The molecule has 2 aromatic heterocycles. The van der Waals surface area contributed by atoms with Crippen molar-refractivity contribution in [3.05, 3.63) is 81.1 Å². The van der Waals surface area contributed by atoms with Crippen LogP contribution in [0.5, 0.6) is 0 Å². The highest BCUT2D eigenvalue weighted by Crippen LogP contribution is 2.25. The quantitative estimate of drug-likeness (QED) is 0.459. The lowest BCUT2D eigenvalue weighted by atomic mass is 10.1. The van der Waals surface area contributed by atoms with Crippen molar-refractivity contribution in [2.75, 3.05) is 0 Å². The molecule has 0 radical (unpaired) electrons. The number of nitrogens with one attached hydrogen (secondary N) is 1. The van der Waals surface area contributed by atoms with Crippen LogP contribution in [0.4, 0.5) is 11.4 Å². The molecule has 4 rings (SSSR count). The van der Waals surface area contributed by atoms with Gasteiger partial charge in [-0.25, -0.2) is 4.98 Å². The summed E-state index contributed by atoms with van der Waals surface area (Å²) < 4.78 is 1.42. The first kappa shape index (κ1) is 18.1. The third kappa shape index (κ3) is 3.57. The Bertz CT molecular complexity index is 1200. The molecule has 140 valence electrons. The summed E-state index contributed by atoms with van der Waals surface area (Å²) >= 11 is 1.40. The first-order chi connectivity index (χ1) is 13.5. The molecule has 0 unspecified atom stereocenters. The second-order valence-electron chi connectivity index (χ2n) is 6.64. The molecule has 0 spiro atoms. The average Bonchev–Trinajstić information content (AvgIpc) is 3.27. The standard InChI is InChI=1S/C21H19N5OS/c1-13-4-8-16(9-5-13)18-12-28-21(22-18)26-20(27)19(15(3)25-26)24-23-17-10-6-14(2)7-11-17/h4-12,25H,1-3H3. The SMILES string of the molecule is Cc1ccc(N=Nc2c(C)[nH]n(-c3nc(-c4ccc(C)cc4)cs3)c2=O)cc1. The number of azo groups is 1. The number of rotatable bonds is 4. The molecule has 0 fully saturated rings. The van der Waals surface area contributed by atoms with E-state index in [9.17, 15) is 4.79 Å². The molecule has 0 saturated carbocycles. The maximum Gasteiger partial charge on any atom is 0.301 e. The van der Waals surface area contributed by atoms with E-state index in [4.69, 9.17) is 0 Å². The van der Waals surface area contributed by atoms with Gasteiger partial charge in [-0.15, -0.1) is 16.5 Å². The molecule has 0 atom stereocenters. The fourth-order valence-electron chi connectivity index (χ4n) is 2.73. The summed E-state index contributed by atoms with van der Waals surface area (Å²) in [6.45, 7) is 5.86. The summed E-state index contributed by atoms with van der Waals surface area (Å²) in [5.41, 5.74) is 5.56. The molecular weight excluding hydrogens is 370 g/mol. The molecule has 0 saturated heterocycles. The first-order valence-corrected chi connectivity index (χ1v) is 9.72. The highest BCUT2D eigenvalue weighted by Gasteiger charge is 2.15. The van der Waals surface area contributed by atoms with Gasteiger partial charge in [-0.1, -0.05) is 47.5 Å². The van der Waals surface area contributed by atoms with Gasteiger partial charge in [0.2, 0.25) is 5.13 Å². The van der Waals surface area contributed by atoms with Crippen molar-refractivity contribution in [1.29, 1.82) is 0 Å². The molecule has 0 amide bonds. The van der Waals surface area contributed by atoms with Gasteiger partial charge >= 0.3 is 5.56 Å². The number of hydrogen-bond acceptors (Lipinski definition) is 5. The number of benzene rings is 2. The van der Waals surface area contributed by atoms with Gasteiger partial charge in [0.15, 0.2) is 5.69 Å². The summed E-state index contributed by atoms with van der Waals surface area (Å²) in [5, 5.41) is 13.9. The normalized spacial score (nSPS) is 11.4. The van der Waals surface area contributed by atoms with E-state index >= 15 is 0 Å². The second-order valence-corrected chi connectivity index (χ2v) is 7.48. The number of nitrogens with zero attached hydrogens (tertiary/aromatic N) is 4. The molecule has 4 aromatic rings. The van der Waals surface area contributed by atoms with Gasteiger partial charge in [0.25, 0.3) is 0 Å². The smallest absolute Gasteiger partial charge is 0.291 e. The van der Waals surface area contributed by atoms with E-state index in [0.717, 1.165) is 16.8 Å². The lowest BCUT2D eigenvalue weighted by Crippen LogP contribution is -2.13. The molecular formula is C21H19N5OS. The molecule has 28 heavy (non-hydrogen) atoms. The molecule has 2 heterocycles. The minimum Gasteiger partial charge on any atom is -0.291 e. The fourth-order valence-corrected chi connectivity index (χ4v) is 3.52. The van der Waals surface area contributed by atoms with Crippen molar-refractivity contribution < 1.29 is 0 Å². The Labute approximate surface area is 166 Å². The molecule has 7 heteroatoms. The zero-order chi connectivity index (χ0) is 19.7. The van der Waals surface area contributed by atoms with E-state index in [1.807, 2.05) is 67.8 Å².